The van der Waals surface area contributed by atoms with Gasteiger partial charge in [-0.2, -0.15) is 0 Å². The Labute approximate surface area is 240 Å². The molecule has 0 amide bonds. The van der Waals surface area contributed by atoms with Crippen LogP contribution in [0, 0.1) is 0 Å². The number of ether oxygens (including phenoxy) is 1. The fourth-order valence-electron chi connectivity index (χ4n) is 5.82. The van der Waals surface area contributed by atoms with Crippen molar-refractivity contribution >= 4 is 40.1 Å². The van der Waals surface area contributed by atoms with E-state index in [0.717, 1.165) is 64.1 Å². The number of anilines is 1. The van der Waals surface area contributed by atoms with Gasteiger partial charge < -0.3 is 14.6 Å². The molecule has 6 heteroatoms. The first-order valence-corrected chi connectivity index (χ1v) is 14.3. The zero-order chi connectivity index (χ0) is 27.1. The zero-order valence-electron chi connectivity index (χ0n) is 22.5. The van der Waals surface area contributed by atoms with E-state index >= 15 is 0 Å². The SMILES string of the molecule is COc1ccc(-c2c3c4n(c(-c5ccc(Cl)cc5)cn4c2C(=S)Nc2ccccc2C(C)C)CCCC3)cc1. The Hall–Kier alpha value is -3.54. The van der Waals surface area contributed by atoms with E-state index < -0.39 is 0 Å². The van der Waals surface area contributed by atoms with Crippen LogP contribution in [0.4, 0.5) is 5.69 Å². The van der Waals surface area contributed by atoms with Gasteiger partial charge in [0.05, 0.1) is 18.5 Å². The molecule has 1 aliphatic heterocycles. The van der Waals surface area contributed by atoms with Crippen LogP contribution in [0.1, 0.15) is 49.4 Å². The van der Waals surface area contributed by atoms with Gasteiger partial charge in [0.25, 0.3) is 0 Å². The molecule has 5 aromatic rings. The number of hydrogen-bond donors (Lipinski definition) is 1. The van der Waals surface area contributed by atoms with Crippen LogP contribution in [0.3, 0.4) is 0 Å². The lowest BCUT2D eigenvalue weighted by Gasteiger charge is -2.16. The standard InChI is InChI=1S/C33H32ClN3OS/c1-21(2)26-8-4-5-10-28(26)35-32(39)31-30(23-13-17-25(38-3)18-14-23)27-9-6-7-19-36-29(20-37(31)33(27)36)22-11-15-24(34)16-12-22/h4-5,8,10-18,20-21H,6-7,9,19H2,1-3H3,(H,35,39). The predicted octanol–water partition coefficient (Wildman–Crippen LogP) is 8.98. The number of aryl methyl sites for hydroxylation is 2. The molecule has 3 aromatic carbocycles. The van der Waals surface area contributed by atoms with E-state index in [2.05, 4.69) is 82.9 Å². The molecule has 0 fully saturated rings. The summed E-state index contributed by atoms with van der Waals surface area (Å²) < 4.78 is 10.2. The van der Waals surface area contributed by atoms with Gasteiger partial charge in [-0.15, -0.1) is 0 Å². The molecule has 0 atom stereocenters. The first-order valence-electron chi connectivity index (χ1n) is 13.5. The van der Waals surface area contributed by atoms with E-state index in [1.807, 2.05) is 24.3 Å². The average molecular weight is 554 g/mol. The number of methoxy groups -OCH3 is 1. The number of imidazole rings is 1. The highest BCUT2D eigenvalue weighted by molar-refractivity contribution is 7.81. The van der Waals surface area contributed by atoms with Crippen molar-refractivity contribution in [1.82, 2.24) is 8.97 Å². The molecule has 0 aliphatic carbocycles. The molecule has 0 spiro atoms. The summed E-state index contributed by atoms with van der Waals surface area (Å²) in [5.74, 6) is 1.22. The van der Waals surface area contributed by atoms with E-state index in [4.69, 9.17) is 28.6 Å². The number of thiocarbonyl (C=S) groups is 1. The number of benzene rings is 3. The van der Waals surface area contributed by atoms with Crippen LogP contribution in [0.2, 0.25) is 5.02 Å². The van der Waals surface area contributed by atoms with Crippen molar-refractivity contribution in [2.45, 2.75) is 45.6 Å². The molecular formula is C33H32ClN3OS. The van der Waals surface area contributed by atoms with Crippen molar-refractivity contribution in [2.75, 3.05) is 12.4 Å². The molecule has 3 heterocycles. The van der Waals surface area contributed by atoms with Gasteiger partial charge in [0.2, 0.25) is 0 Å². The summed E-state index contributed by atoms with van der Waals surface area (Å²) in [6.07, 6.45) is 5.50. The quantitative estimate of drug-likeness (QED) is 0.213. The Morgan fingerprint density at radius 3 is 2.38 bits per heavy atom. The normalized spacial score (nSPS) is 13.1. The monoisotopic (exact) mass is 553 g/mol. The largest absolute Gasteiger partial charge is 0.497 e. The Balaban J connectivity index is 1.59. The molecule has 0 radical (unpaired) electrons. The van der Waals surface area contributed by atoms with Crippen LogP contribution < -0.4 is 10.1 Å². The molecule has 2 aromatic heterocycles. The molecule has 0 saturated carbocycles. The van der Waals surface area contributed by atoms with Crippen LogP contribution in [-0.4, -0.2) is 21.1 Å². The van der Waals surface area contributed by atoms with Crippen LogP contribution >= 0.6 is 23.8 Å². The number of para-hydroxylation sites is 1. The summed E-state index contributed by atoms with van der Waals surface area (Å²) in [4.78, 5) is 0.718. The topological polar surface area (TPSA) is 30.6 Å². The highest BCUT2D eigenvalue weighted by atomic mass is 35.5. The molecule has 6 rings (SSSR count). The van der Waals surface area contributed by atoms with Gasteiger partial charge in [-0.05, 0) is 72.2 Å². The minimum Gasteiger partial charge on any atom is -0.497 e. The molecule has 1 N–H and O–H groups in total. The van der Waals surface area contributed by atoms with Crippen molar-refractivity contribution in [1.29, 1.82) is 0 Å². The second-order valence-corrected chi connectivity index (χ2v) is 11.3. The van der Waals surface area contributed by atoms with Crippen molar-refractivity contribution in [3.63, 3.8) is 0 Å². The number of aromatic nitrogens is 2. The lowest BCUT2D eigenvalue weighted by Crippen LogP contribution is -2.15. The van der Waals surface area contributed by atoms with Gasteiger partial charge in [0.1, 0.15) is 16.4 Å². The van der Waals surface area contributed by atoms with E-state index in [-0.39, 0.29) is 0 Å². The predicted molar refractivity (Wildman–Crippen MR) is 167 cm³/mol. The van der Waals surface area contributed by atoms with Crippen LogP contribution in [0.25, 0.3) is 28.0 Å². The summed E-state index contributed by atoms with van der Waals surface area (Å²) in [6.45, 7) is 5.39. The highest BCUT2D eigenvalue weighted by Gasteiger charge is 2.28. The second-order valence-electron chi connectivity index (χ2n) is 10.5. The van der Waals surface area contributed by atoms with Crippen LogP contribution in [0.15, 0.2) is 79.0 Å². The average Bonchev–Trinajstić information content (AvgIpc) is 3.36. The zero-order valence-corrected chi connectivity index (χ0v) is 24.1. The third-order valence-electron chi connectivity index (χ3n) is 7.70. The van der Waals surface area contributed by atoms with Crippen LogP contribution in [-0.2, 0) is 13.0 Å². The van der Waals surface area contributed by atoms with Gasteiger partial charge in [-0.25, -0.2) is 0 Å². The van der Waals surface area contributed by atoms with E-state index in [9.17, 15) is 0 Å². The summed E-state index contributed by atoms with van der Waals surface area (Å²) in [5, 5.41) is 4.38. The van der Waals surface area contributed by atoms with Gasteiger partial charge in [-0.3, -0.25) is 4.40 Å². The van der Waals surface area contributed by atoms with Crippen molar-refractivity contribution < 1.29 is 4.74 Å². The van der Waals surface area contributed by atoms with E-state index in [1.54, 1.807) is 7.11 Å². The summed E-state index contributed by atoms with van der Waals surface area (Å²) in [5.41, 5.74) is 10.6. The lowest BCUT2D eigenvalue weighted by molar-refractivity contribution is 0.415. The number of hydrogen-bond acceptors (Lipinski definition) is 2. The Kier molecular flexibility index (Phi) is 6.96. The van der Waals surface area contributed by atoms with Crippen molar-refractivity contribution in [3.8, 4) is 28.1 Å². The third kappa shape index (κ3) is 4.64. The fourth-order valence-corrected chi connectivity index (χ4v) is 6.26. The first-order chi connectivity index (χ1) is 19.0. The molecule has 1 aliphatic rings. The summed E-state index contributed by atoms with van der Waals surface area (Å²) >= 11 is 12.5. The minimum absolute atomic E-state index is 0.378. The number of halogens is 1. The van der Waals surface area contributed by atoms with Crippen molar-refractivity contribution in [3.05, 3.63) is 101 Å². The van der Waals surface area contributed by atoms with Gasteiger partial charge in [0.15, 0.2) is 0 Å². The molecule has 4 nitrogen and oxygen atoms in total. The highest BCUT2D eigenvalue weighted by Crippen LogP contribution is 2.40. The number of nitrogens with one attached hydrogen (secondary N) is 1. The second kappa shape index (κ2) is 10.6. The lowest BCUT2D eigenvalue weighted by atomic mass is 9.97. The molecular weight excluding hydrogens is 522 g/mol. The molecule has 39 heavy (non-hydrogen) atoms. The molecule has 0 saturated heterocycles. The third-order valence-corrected chi connectivity index (χ3v) is 8.25. The first kappa shape index (κ1) is 25.7. The van der Waals surface area contributed by atoms with E-state index in [1.165, 1.54) is 28.0 Å². The van der Waals surface area contributed by atoms with Gasteiger partial charge >= 0.3 is 0 Å². The number of rotatable bonds is 6. The van der Waals surface area contributed by atoms with Crippen LogP contribution in [0.5, 0.6) is 5.75 Å². The number of nitrogens with zero attached hydrogens (tertiary/aromatic N) is 2. The smallest absolute Gasteiger partial charge is 0.128 e. The maximum absolute atomic E-state index is 6.24. The maximum Gasteiger partial charge on any atom is 0.128 e. The molecule has 0 unspecified atom stereocenters. The Bertz CT molecular complexity index is 1660. The van der Waals surface area contributed by atoms with Gasteiger partial charge in [0, 0.05) is 34.6 Å². The molecule has 0 bridgehead atoms. The Morgan fingerprint density at radius 1 is 0.949 bits per heavy atom. The van der Waals surface area contributed by atoms with Gasteiger partial charge in [-0.1, -0.05) is 80.1 Å². The maximum atomic E-state index is 6.24. The molecule has 198 valence electrons. The fraction of sp³-hybridized carbons (Fsp3) is 0.242. The summed E-state index contributed by atoms with van der Waals surface area (Å²) in [6, 6.07) is 24.9. The van der Waals surface area contributed by atoms with E-state index in [0.29, 0.717) is 5.92 Å². The summed E-state index contributed by atoms with van der Waals surface area (Å²) in [7, 11) is 1.70. The van der Waals surface area contributed by atoms with Crippen molar-refractivity contribution in [2.24, 2.45) is 0 Å². The minimum atomic E-state index is 0.378. The Morgan fingerprint density at radius 2 is 1.67 bits per heavy atom.